The second kappa shape index (κ2) is 6.87. The molecule has 2 aromatic carbocycles. The number of nitrogens with two attached hydrogens (primary N) is 1. The maximum absolute atomic E-state index is 12.4. The van der Waals surface area contributed by atoms with Crippen molar-refractivity contribution < 1.29 is 24.3 Å². The fourth-order valence-electron chi connectivity index (χ4n) is 3.20. The van der Waals surface area contributed by atoms with Crippen LogP contribution in [0, 0.1) is 6.92 Å². The Morgan fingerprint density at radius 2 is 1.63 bits per heavy atom. The zero-order valence-corrected chi connectivity index (χ0v) is 14.4. The van der Waals surface area contributed by atoms with Crippen molar-refractivity contribution in [3.8, 4) is 0 Å². The lowest BCUT2D eigenvalue weighted by molar-refractivity contribution is -0.131. The summed E-state index contributed by atoms with van der Waals surface area (Å²) in [5, 5.41) is 9.24. The number of aromatic nitrogens is 1. The first-order valence-corrected chi connectivity index (χ1v) is 8.10. The average molecular weight is 364 g/mol. The highest BCUT2D eigenvalue weighted by molar-refractivity contribution is 6.47. The predicted octanol–water partition coefficient (Wildman–Crippen LogP) is 1.93. The molecule has 3 aromatic rings. The van der Waals surface area contributed by atoms with Crippen molar-refractivity contribution >= 4 is 34.3 Å². The summed E-state index contributed by atoms with van der Waals surface area (Å²) in [4.78, 5) is 47.3. The van der Waals surface area contributed by atoms with Gasteiger partial charge in [0, 0.05) is 23.2 Å². The maximum atomic E-state index is 12.4. The van der Waals surface area contributed by atoms with Gasteiger partial charge in [0.1, 0.15) is 0 Å². The third-order valence-corrected chi connectivity index (χ3v) is 4.42. The van der Waals surface area contributed by atoms with Crippen LogP contribution in [0.3, 0.4) is 0 Å². The van der Waals surface area contributed by atoms with E-state index in [0.29, 0.717) is 17.8 Å². The van der Waals surface area contributed by atoms with E-state index in [-0.39, 0.29) is 16.5 Å². The number of carboxylic acids is 1. The van der Waals surface area contributed by atoms with Crippen LogP contribution in [0.4, 0.5) is 0 Å². The average Bonchev–Trinajstić information content (AvgIpc) is 2.93. The summed E-state index contributed by atoms with van der Waals surface area (Å²) in [7, 11) is 0. The van der Waals surface area contributed by atoms with E-state index in [1.807, 2.05) is 30.3 Å². The molecule has 7 nitrogen and oxygen atoms in total. The van der Waals surface area contributed by atoms with Gasteiger partial charge in [0.05, 0.1) is 11.1 Å². The van der Waals surface area contributed by atoms with Crippen LogP contribution in [0.25, 0.3) is 10.9 Å². The summed E-state index contributed by atoms with van der Waals surface area (Å²) in [5.41, 5.74) is 6.83. The van der Waals surface area contributed by atoms with Crippen LogP contribution in [-0.2, 0) is 16.1 Å². The van der Waals surface area contributed by atoms with Gasteiger partial charge in [0.25, 0.3) is 17.5 Å². The lowest BCUT2D eigenvalue weighted by atomic mass is 9.99. The Balaban J connectivity index is 2.35. The van der Waals surface area contributed by atoms with Crippen LogP contribution < -0.4 is 5.73 Å². The van der Waals surface area contributed by atoms with E-state index >= 15 is 0 Å². The summed E-state index contributed by atoms with van der Waals surface area (Å²) in [6.07, 6.45) is 0. The van der Waals surface area contributed by atoms with E-state index in [0.717, 1.165) is 5.56 Å². The lowest BCUT2D eigenvalue weighted by Crippen LogP contribution is -2.24. The van der Waals surface area contributed by atoms with E-state index in [9.17, 15) is 19.2 Å². The second-order valence-electron chi connectivity index (χ2n) is 6.06. The van der Waals surface area contributed by atoms with Gasteiger partial charge in [-0.3, -0.25) is 14.4 Å². The minimum absolute atomic E-state index is 0.0429. The normalized spacial score (nSPS) is 10.7. The van der Waals surface area contributed by atoms with Gasteiger partial charge < -0.3 is 15.4 Å². The van der Waals surface area contributed by atoms with Gasteiger partial charge >= 0.3 is 5.97 Å². The minimum Gasteiger partial charge on any atom is -0.475 e. The van der Waals surface area contributed by atoms with Gasteiger partial charge in [0.15, 0.2) is 0 Å². The summed E-state index contributed by atoms with van der Waals surface area (Å²) in [6, 6.07) is 13.9. The standard InChI is InChI=1S/C20H16N2O5/c1-11-15(18(24)19(21)25)16-13(17(23)20(26)27)8-5-9-14(16)22(11)10-12-6-3-2-4-7-12/h2-9H,10H2,1H3,(H2,21,25)(H,26,27). The number of nitrogens with zero attached hydrogens (tertiary/aromatic N) is 1. The summed E-state index contributed by atoms with van der Waals surface area (Å²) < 4.78 is 1.76. The molecule has 3 N–H and O–H groups in total. The summed E-state index contributed by atoms with van der Waals surface area (Å²) in [5.74, 6) is -4.94. The molecule has 0 saturated carbocycles. The fraction of sp³-hybridized carbons (Fsp3) is 0.100. The molecule has 1 amide bonds. The molecule has 0 aliphatic carbocycles. The maximum Gasteiger partial charge on any atom is 0.377 e. The fourth-order valence-corrected chi connectivity index (χ4v) is 3.20. The zero-order chi connectivity index (χ0) is 19.7. The Hall–Kier alpha value is -3.74. The Morgan fingerprint density at radius 3 is 2.22 bits per heavy atom. The third-order valence-electron chi connectivity index (χ3n) is 4.42. The number of carbonyl (C=O) groups excluding carboxylic acids is 3. The Bertz CT molecular complexity index is 1100. The van der Waals surface area contributed by atoms with Crippen LogP contribution >= 0.6 is 0 Å². The number of hydrogen-bond acceptors (Lipinski definition) is 4. The van der Waals surface area contributed by atoms with Gasteiger partial charge in [-0.15, -0.1) is 0 Å². The SMILES string of the molecule is Cc1c(C(=O)C(N)=O)c2c(C(=O)C(=O)O)cccc2n1Cc1ccccc1. The molecule has 0 aliphatic heterocycles. The number of benzene rings is 2. The van der Waals surface area contributed by atoms with Gasteiger partial charge in [-0.2, -0.15) is 0 Å². The van der Waals surface area contributed by atoms with Gasteiger partial charge in [-0.25, -0.2) is 4.79 Å². The van der Waals surface area contributed by atoms with E-state index in [1.165, 1.54) is 12.1 Å². The van der Waals surface area contributed by atoms with Crippen molar-refractivity contribution in [3.63, 3.8) is 0 Å². The highest BCUT2D eigenvalue weighted by Crippen LogP contribution is 2.30. The number of rotatable bonds is 6. The van der Waals surface area contributed by atoms with Crippen molar-refractivity contribution in [2.75, 3.05) is 0 Å². The van der Waals surface area contributed by atoms with E-state index in [2.05, 4.69) is 0 Å². The van der Waals surface area contributed by atoms with Crippen molar-refractivity contribution in [3.05, 3.63) is 70.9 Å². The van der Waals surface area contributed by atoms with Gasteiger partial charge in [-0.05, 0) is 24.6 Å². The number of ketones is 2. The third kappa shape index (κ3) is 3.10. The van der Waals surface area contributed by atoms with Crippen molar-refractivity contribution in [2.24, 2.45) is 5.73 Å². The lowest BCUT2D eigenvalue weighted by Gasteiger charge is -2.09. The van der Waals surface area contributed by atoms with Gasteiger partial charge in [-0.1, -0.05) is 36.4 Å². The zero-order valence-electron chi connectivity index (χ0n) is 14.4. The highest BCUT2D eigenvalue weighted by atomic mass is 16.4. The molecular formula is C20H16N2O5. The molecule has 0 spiro atoms. The Labute approximate surface area is 154 Å². The number of amides is 1. The van der Waals surface area contributed by atoms with Crippen LogP contribution in [0.1, 0.15) is 32.0 Å². The largest absolute Gasteiger partial charge is 0.475 e. The molecule has 27 heavy (non-hydrogen) atoms. The molecule has 136 valence electrons. The van der Waals surface area contributed by atoms with Crippen molar-refractivity contribution in [2.45, 2.75) is 13.5 Å². The Kier molecular flexibility index (Phi) is 4.60. The Morgan fingerprint density at radius 1 is 0.963 bits per heavy atom. The monoisotopic (exact) mass is 364 g/mol. The molecule has 3 rings (SSSR count). The predicted molar refractivity (Wildman–Crippen MR) is 97.7 cm³/mol. The first-order chi connectivity index (χ1) is 12.8. The van der Waals surface area contributed by atoms with Gasteiger partial charge in [0.2, 0.25) is 0 Å². The van der Waals surface area contributed by atoms with E-state index in [1.54, 1.807) is 17.6 Å². The number of hydrogen-bond donors (Lipinski definition) is 2. The minimum atomic E-state index is -1.64. The molecule has 0 radical (unpaired) electrons. The number of carboxylic acid groups (broad SMARTS) is 1. The smallest absolute Gasteiger partial charge is 0.377 e. The topological polar surface area (TPSA) is 119 Å². The molecule has 7 heteroatoms. The molecule has 0 aliphatic rings. The highest BCUT2D eigenvalue weighted by Gasteiger charge is 2.28. The quantitative estimate of drug-likeness (QED) is 0.512. The van der Waals surface area contributed by atoms with Crippen LogP contribution in [0.2, 0.25) is 0 Å². The van der Waals surface area contributed by atoms with Crippen LogP contribution in [-0.4, -0.2) is 33.1 Å². The second-order valence-corrected chi connectivity index (χ2v) is 6.06. The van der Waals surface area contributed by atoms with Crippen molar-refractivity contribution in [1.29, 1.82) is 0 Å². The van der Waals surface area contributed by atoms with Crippen LogP contribution in [0.15, 0.2) is 48.5 Å². The molecule has 0 fully saturated rings. The van der Waals surface area contributed by atoms with Crippen molar-refractivity contribution in [1.82, 2.24) is 4.57 Å². The number of aliphatic carboxylic acids is 1. The van der Waals surface area contributed by atoms with E-state index in [4.69, 9.17) is 10.8 Å². The molecule has 0 saturated heterocycles. The molecule has 1 heterocycles. The number of primary amides is 1. The number of fused-ring (bicyclic) bond motifs is 1. The molecule has 0 atom stereocenters. The summed E-state index contributed by atoms with van der Waals surface area (Å²) in [6.45, 7) is 2.01. The first kappa shape index (κ1) is 18.1. The molecule has 1 aromatic heterocycles. The molecule has 0 bridgehead atoms. The van der Waals surface area contributed by atoms with Crippen LogP contribution in [0.5, 0.6) is 0 Å². The number of carbonyl (C=O) groups is 4. The van der Waals surface area contributed by atoms with E-state index < -0.39 is 23.4 Å². The summed E-state index contributed by atoms with van der Waals surface area (Å²) >= 11 is 0. The molecular weight excluding hydrogens is 348 g/mol. The molecule has 0 unspecified atom stereocenters. The first-order valence-electron chi connectivity index (χ1n) is 8.10. The number of Topliss-reactive ketones (excluding diaryl/α,β-unsaturated/α-hetero) is 2.